The Hall–Kier alpha value is -0.0800. The SMILES string of the molecule is C1CCOCC1.CCCCCCCC[C@H]1OCCC[C@@H]1CCCCCCC. The van der Waals surface area contributed by atoms with E-state index in [0.717, 1.165) is 25.7 Å². The highest BCUT2D eigenvalue weighted by Gasteiger charge is 2.24. The first kappa shape index (κ1) is 25.0. The van der Waals surface area contributed by atoms with Gasteiger partial charge in [-0.05, 0) is 50.9 Å². The highest BCUT2D eigenvalue weighted by Crippen LogP contribution is 2.29. The third-order valence-corrected chi connectivity index (χ3v) is 6.17. The second-order valence-electron chi connectivity index (χ2n) is 8.74. The minimum absolute atomic E-state index is 0.594. The lowest BCUT2D eigenvalue weighted by molar-refractivity contribution is -0.0352. The molecule has 2 atom stereocenters. The molecule has 0 spiro atoms. The standard InChI is InChI=1S/C20H40O.C5H10O/c1-3-5-7-9-11-13-17-20-19(16-14-18-21-20)15-12-10-8-6-4-2;1-2-4-6-5-3-1/h19-20H,3-18H2,1-2H3;1-5H2/t19-,20+;/m0./s1. The molecule has 0 aliphatic carbocycles. The normalized spacial score (nSPS) is 22.9. The molecule has 2 saturated heterocycles. The van der Waals surface area contributed by atoms with Crippen LogP contribution in [-0.2, 0) is 9.47 Å². The van der Waals surface area contributed by atoms with E-state index < -0.39 is 0 Å². The van der Waals surface area contributed by atoms with E-state index in [0.29, 0.717) is 6.10 Å². The van der Waals surface area contributed by atoms with Crippen molar-refractivity contribution in [1.29, 1.82) is 0 Å². The molecular weight excluding hydrogens is 332 g/mol. The molecule has 0 saturated carbocycles. The third kappa shape index (κ3) is 14.6. The van der Waals surface area contributed by atoms with Crippen LogP contribution in [0.15, 0.2) is 0 Å². The van der Waals surface area contributed by atoms with Gasteiger partial charge in [0.25, 0.3) is 0 Å². The predicted molar refractivity (Wildman–Crippen MR) is 119 cm³/mol. The molecule has 2 aliphatic heterocycles. The van der Waals surface area contributed by atoms with Gasteiger partial charge in [0.2, 0.25) is 0 Å². The van der Waals surface area contributed by atoms with E-state index in [4.69, 9.17) is 9.47 Å². The van der Waals surface area contributed by atoms with E-state index in [9.17, 15) is 0 Å². The molecule has 27 heavy (non-hydrogen) atoms. The van der Waals surface area contributed by atoms with Crippen molar-refractivity contribution in [2.75, 3.05) is 19.8 Å². The van der Waals surface area contributed by atoms with Crippen LogP contribution in [-0.4, -0.2) is 25.9 Å². The summed E-state index contributed by atoms with van der Waals surface area (Å²) < 4.78 is 11.2. The maximum atomic E-state index is 6.10. The van der Waals surface area contributed by atoms with Gasteiger partial charge in [0.05, 0.1) is 6.10 Å². The van der Waals surface area contributed by atoms with E-state index in [-0.39, 0.29) is 0 Å². The Morgan fingerprint density at radius 1 is 0.593 bits per heavy atom. The highest BCUT2D eigenvalue weighted by molar-refractivity contribution is 4.75. The molecule has 2 nitrogen and oxygen atoms in total. The lowest BCUT2D eigenvalue weighted by atomic mass is 9.86. The molecule has 0 radical (unpaired) electrons. The monoisotopic (exact) mass is 382 g/mol. The zero-order valence-corrected chi connectivity index (χ0v) is 18.8. The van der Waals surface area contributed by atoms with Gasteiger partial charge in [-0.15, -0.1) is 0 Å². The zero-order valence-electron chi connectivity index (χ0n) is 18.8. The second-order valence-corrected chi connectivity index (χ2v) is 8.74. The maximum absolute atomic E-state index is 6.10. The molecule has 2 heterocycles. The summed E-state index contributed by atoms with van der Waals surface area (Å²) >= 11 is 0. The molecule has 0 amide bonds. The summed E-state index contributed by atoms with van der Waals surface area (Å²) in [7, 11) is 0. The summed E-state index contributed by atoms with van der Waals surface area (Å²) in [4.78, 5) is 0. The fourth-order valence-electron chi connectivity index (χ4n) is 4.37. The molecule has 2 aliphatic rings. The first-order valence-corrected chi connectivity index (χ1v) is 12.6. The Kier molecular flexibility index (Phi) is 17.8. The lowest BCUT2D eigenvalue weighted by Gasteiger charge is -2.32. The minimum Gasteiger partial charge on any atom is -0.381 e. The zero-order chi connectivity index (χ0) is 19.4. The highest BCUT2D eigenvalue weighted by atomic mass is 16.5. The fraction of sp³-hybridized carbons (Fsp3) is 1.00. The summed E-state index contributed by atoms with van der Waals surface area (Å²) in [5, 5.41) is 0. The molecule has 2 fully saturated rings. The molecule has 162 valence electrons. The smallest absolute Gasteiger partial charge is 0.0603 e. The molecule has 2 heteroatoms. The minimum atomic E-state index is 0.594. The Morgan fingerprint density at radius 3 is 1.74 bits per heavy atom. The molecule has 0 unspecified atom stereocenters. The van der Waals surface area contributed by atoms with Gasteiger partial charge in [-0.3, -0.25) is 0 Å². The number of ether oxygens (including phenoxy) is 2. The molecule has 0 bridgehead atoms. The van der Waals surface area contributed by atoms with Crippen LogP contribution in [0.5, 0.6) is 0 Å². The Bertz CT molecular complexity index is 277. The van der Waals surface area contributed by atoms with Gasteiger partial charge < -0.3 is 9.47 Å². The van der Waals surface area contributed by atoms with Gasteiger partial charge in [0.15, 0.2) is 0 Å². The summed E-state index contributed by atoms with van der Waals surface area (Å²) in [5.41, 5.74) is 0. The largest absolute Gasteiger partial charge is 0.381 e. The van der Waals surface area contributed by atoms with Crippen molar-refractivity contribution in [2.45, 2.75) is 136 Å². The molecule has 0 aromatic rings. The molecular formula is C25H50O2. The Balaban J connectivity index is 0.000000511. The number of hydrogen-bond acceptors (Lipinski definition) is 2. The number of rotatable bonds is 13. The van der Waals surface area contributed by atoms with E-state index >= 15 is 0 Å². The van der Waals surface area contributed by atoms with Crippen LogP contribution in [0.3, 0.4) is 0 Å². The van der Waals surface area contributed by atoms with Crippen LogP contribution in [0.2, 0.25) is 0 Å². The van der Waals surface area contributed by atoms with Crippen molar-refractivity contribution in [3.05, 3.63) is 0 Å². The summed E-state index contributed by atoms with van der Waals surface area (Å²) in [6.07, 6.45) is 25.5. The van der Waals surface area contributed by atoms with Crippen LogP contribution in [0.1, 0.15) is 129 Å². The predicted octanol–water partition coefficient (Wildman–Crippen LogP) is 8.08. The first-order chi connectivity index (χ1) is 13.4. The third-order valence-electron chi connectivity index (χ3n) is 6.17. The summed E-state index contributed by atoms with van der Waals surface area (Å²) in [6.45, 7) is 7.61. The first-order valence-electron chi connectivity index (χ1n) is 12.6. The molecule has 2 rings (SSSR count). The van der Waals surface area contributed by atoms with Crippen molar-refractivity contribution in [2.24, 2.45) is 5.92 Å². The molecule has 0 aromatic heterocycles. The van der Waals surface area contributed by atoms with Crippen LogP contribution in [0.25, 0.3) is 0 Å². The van der Waals surface area contributed by atoms with Gasteiger partial charge in [0.1, 0.15) is 0 Å². The van der Waals surface area contributed by atoms with Crippen LogP contribution in [0, 0.1) is 5.92 Å². The van der Waals surface area contributed by atoms with Gasteiger partial charge in [-0.2, -0.15) is 0 Å². The second kappa shape index (κ2) is 19.2. The van der Waals surface area contributed by atoms with Crippen LogP contribution >= 0.6 is 0 Å². The Morgan fingerprint density at radius 2 is 1.19 bits per heavy atom. The van der Waals surface area contributed by atoms with Crippen molar-refractivity contribution < 1.29 is 9.47 Å². The molecule has 0 aromatic carbocycles. The van der Waals surface area contributed by atoms with Crippen molar-refractivity contribution >= 4 is 0 Å². The Labute approximate surface area is 171 Å². The van der Waals surface area contributed by atoms with E-state index in [1.54, 1.807) is 0 Å². The fourth-order valence-corrected chi connectivity index (χ4v) is 4.37. The number of hydrogen-bond donors (Lipinski definition) is 0. The van der Waals surface area contributed by atoms with E-state index in [1.165, 1.54) is 116 Å². The van der Waals surface area contributed by atoms with Gasteiger partial charge >= 0.3 is 0 Å². The van der Waals surface area contributed by atoms with Gasteiger partial charge in [-0.25, -0.2) is 0 Å². The van der Waals surface area contributed by atoms with E-state index in [1.807, 2.05) is 0 Å². The topological polar surface area (TPSA) is 18.5 Å². The van der Waals surface area contributed by atoms with Crippen LogP contribution in [0.4, 0.5) is 0 Å². The lowest BCUT2D eigenvalue weighted by Crippen LogP contribution is -2.29. The molecule has 0 N–H and O–H groups in total. The van der Waals surface area contributed by atoms with Gasteiger partial charge in [-0.1, -0.05) is 84.5 Å². The van der Waals surface area contributed by atoms with Crippen LogP contribution < -0.4 is 0 Å². The van der Waals surface area contributed by atoms with Crippen molar-refractivity contribution in [3.8, 4) is 0 Å². The summed E-state index contributed by atoms with van der Waals surface area (Å²) in [6, 6.07) is 0. The quantitative estimate of drug-likeness (QED) is 0.300. The maximum Gasteiger partial charge on any atom is 0.0603 e. The van der Waals surface area contributed by atoms with Crippen molar-refractivity contribution in [3.63, 3.8) is 0 Å². The number of unbranched alkanes of at least 4 members (excludes halogenated alkanes) is 9. The van der Waals surface area contributed by atoms with E-state index in [2.05, 4.69) is 13.8 Å². The van der Waals surface area contributed by atoms with Crippen molar-refractivity contribution in [1.82, 2.24) is 0 Å². The average molecular weight is 383 g/mol. The average Bonchev–Trinajstić information content (AvgIpc) is 2.73. The van der Waals surface area contributed by atoms with Gasteiger partial charge in [0, 0.05) is 19.8 Å². The summed E-state index contributed by atoms with van der Waals surface area (Å²) in [5.74, 6) is 0.871.